The SMILES string of the molecule is COc1ccc(CNc2ccc(NS(C)(=O)=O)cc2)cc1. The van der Waals surface area contributed by atoms with Crippen molar-refractivity contribution in [2.75, 3.05) is 23.4 Å². The number of methoxy groups -OCH3 is 1. The van der Waals surface area contributed by atoms with Crippen LogP contribution in [0.2, 0.25) is 0 Å². The maximum Gasteiger partial charge on any atom is 0.229 e. The van der Waals surface area contributed by atoms with Crippen molar-refractivity contribution in [3.63, 3.8) is 0 Å². The molecule has 2 aromatic carbocycles. The van der Waals surface area contributed by atoms with Crippen LogP contribution in [0.5, 0.6) is 5.75 Å². The zero-order chi connectivity index (χ0) is 15.3. The predicted octanol–water partition coefficient (Wildman–Crippen LogP) is 2.68. The maximum absolute atomic E-state index is 11.1. The highest BCUT2D eigenvalue weighted by Crippen LogP contribution is 2.16. The Balaban J connectivity index is 1.94. The number of benzene rings is 2. The van der Waals surface area contributed by atoms with Crippen molar-refractivity contribution in [2.24, 2.45) is 0 Å². The number of sulfonamides is 1. The zero-order valence-electron chi connectivity index (χ0n) is 12.0. The van der Waals surface area contributed by atoms with Crippen LogP contribution in [-0.4, -0.2) is 21.8 Å². The Morgan fingerprint density at radius 3 is 2.05 bits per heavy atom. The van der Waals surface area contributed by atoms with Gasteiger partial charge in [0.15, 0.2) is 0 Å². The molecule has 21 heavy (non-hydrogen) atoms. The molecule has 5 nitrogen and oxygen atoms in total. The Morgan fingerprint density at radius 1 is 0.952 bits per heavy atom. The molecule has 0 heterocycles. The third-order valence-electron chi connectivity index (χ3n) is 2.84. The number of rotatable bonds is 6. The fourth-order valence-corrected chi connectivity index (χ4v) is 2.38. The third-order valence-corrected chi connectivity index (χ3v) is 3.45. The second-order valence-electron chi connectivity index (χ2n) is 4.65. The average Bonchev–Trinajstić information content (AvgIpc) is 2.45. The van der Waals surface area contributed by atoms with E-state index in [2.05, 4.69) is 10.0 Å². The molecule has 2 N–H and O–H groups in total. The Labute approximate surface area is 125 Å². The number of nitrogens with one attached hydrogen (secondary N) is 2. The van der Waals surface area contributed by atoms with Gasteiger partial charge in [-0.05, 0) is 42.0 Å². The van der Waals surface area contributed by atoms with Gasteiger partial charge in [-0.15, -0.1) is 0 Å². The molecule has 0 aliphatic heterocycles. The lowest BCUT2D eigenvalue weighted by atomic mass is 10.2. The molecule has 0 saturated carbocycles. The smallest absolute Gasteiger partial charge is 0.229 e. The first-order valence-corrected chi connectivity index (χ1v) is 8.30. The lowest BCUT2D eigenvalue weighted by Crippen LogP contribution is -2.09. The third kappa shape index (κ3) is 5.00. The van der Waals surface area contributed by atoms with Gasteiger partial charge in [-0.1, -0.05) is 12.1 Å². The summed E-state index contributed by atoms with van der Waals surface area (Å²) in [7, 11) is -1.60. The molecule has 2 aromatic rings. The minimum atomic E-state index is -3.23. The van der Waals surface area contributed by atoms with Gasteiger partial charge in [0.05, 0.1) is 13.4 Å². The summed E-state index contributed by atoms with van der Waals surface area (Å²) in [6, 6.07) is 14.9. The second kappa shape index (κ2) is 6.49. The molecule has 6 heteroatoms. The number of hydrogen-bond donors (Lipinski definition) is 2. The fraction of sp³-hybridized carbons (Fsp3) is 0.200. The van der Waals surface area contributed by atoms with E-state index in [1.54, 1.807) is 19.2 Å². The van der Waals surface area contributed by atoms with Crippen LogP contribution in [0.4, 0.5) is 11.4 Å². The summed E-state index contributed by atoms with van der Waals surface area (Å²) in [5.41, 5.74) is 2.60. The van der Waals surface area contributed by atoms with Gasteiger partial charge in [0.25, 0.3) is 0 Å². The molecular weight excluding hydrogens is 288 g/mol. The summed E-state index contributed by atoms with van der Waals surface area (Å²) in [5, 5.41) is 3.27. The molecule has 0 spiro atoms. The molecule has 0 atom stereocenters. The highest BCUT2D eigenvalue weighted by Gasteiger charge is 2.01. The maximum atomic E-state index is 11.1. The van der Waals surface area contributed by atoms with Gasteiger partial charge in [0.2, 0.25) is 10.0 Å². The number of hydrogen-bond acceptors (Lipinski definition) is 4. The van der Waals surface area contributed by atoms with Crippen molar-refractivity contribution in [3.05, 3.63) is 54.1 Å². The lowest BCUT2D eigenvalue weighted by Gasteiger charge is -2.09. The van der Waals surface area contributed by atoms with Crippen LogP contribution in [0.3, 0.4) is 0 Å². The molecule has 2 rings (SSSR count). The molecule has 0 fully saturated rings. The van der Waals surface area contributed by atoms with Crippen LogP contribution in [0, 0.1) is 0 Å². The van der Waals surface area contributed by atoms with E-state index in [0.29, 0.717) is 12.2 Å². The van der Waals surface area contributed by atoms with Crippen LogP contribution in [0.15, 0.2) is 48.5 Å². The molecule has 0 radical (unpaired) electrons. The van der Waals surface area contributed by atoms with Gasteiger partial charge in [-0.25, -0.2) is 8.42 Å². The minimum absolute atomic E-state index is 0.549. The molecular formula is C15H18N2O3S. The van der Waals surface area contributed by atoms with Crippen molar-refractivity contribution in [1.82, 2.24) is 0 Å². The van der Waals surface area contributed by atoms with Crippen LogP contribution in [0.1, 0.15) is 5.56 Å². The van der Waals surface area contributed by atoms with E-state index in [1.807, 2.05) is 36.4 Å². The molecule has 0 amide bonds. The summed E-state index contributed by atoms with van der Waals surface area (Å²) in [6.45, 7) is 0.683. The van der Waals surface area contributed by atoms with Gasteiger partial charge in [-0.2, -0.15) is 0 Å². The predicted molar refractivity (Wildman–Crippen MR) is 85.2 cm³/mol. The Kier molecular flexibility index (Phi) is 4.70. The Hall–Kier alpha value is -2.21. The van der Waals surface area contributed by atoms with E-state index in [4.69, 9.17) is 4.74 Å². The molecule has 0 unspecified atom stereocenters. The minimum Gasteiger partial charge on any atom is -0.497 e. The summed E-state index contributed by atoms with van der Waals surface area (Å²) in [4.78, 5) is 0. The quantitative estimate of drug-likeness (QED) is 0.861. The van der Waals surface area contributed by atoms with Gasteiger partial charge in [-0.3, -0.25) is 4.72 Å². The van der Waals surface area contributed by atoms with Crippen LogP contribution in [0.25, 0.3) is 0 Å². The van der Waals surface area contributed by atoms with E-state index >= 15 is 0 Å². The first-order valence-electron chi connectivity index (χ1n) is 6.41. The monoisotopic (exact) mass is 306 g/mol. The lowest BCUT2D eigenvalue weighted by molar-refractivity contribution is 0.414. The van der Waals surface area contributed by atoms with Gasteiger partial charge < -0.3 is 10.1 Å². The normalized spacial score (nSPS) is 11.0. The van der Waals surface area contributed by atoms with Gasteiger partial charge in [0.1, 0.15) is 5.75 Å². The highest BCUT2D eigenvalue weighted by molar-refractivity contribution is 7.92. The van der Waals surface area contributed by atoms with Crippen molar-refractivity contribution in [1.29, 1.82) is 0 Å². The molecule has 0 saturated heterocycles. The summed E-state index contributed by atoms with van der Waals surface area (Å²) in [5.74, 6) is 0.829. The first-order chi connectivity index (χ1) is 9.96. The summed E-state index contributed by atoms with van der Waals surface area (Å²) >= 11 is 0. The molecule has 0 aliphatic rings. The van der Waals surface area contributed by atoms with Crippen molar-refractivity contribution in [3.8, 4) is 5.75 Å². The van der Waals surface area contributed by atoms with Gasteiger partial charge in [0, 0.05) is 17.9 Å². The van der Waals surface area contributed by atoms with Crippen LogP contribution in [-0.2, 0) is 16.6 Å². The zero-order valence-corrected chi connectivity index (χ0v) is 12.8. The largest absolute Gasteiger partial charge is 0.497 e. The van der Waals surface area contributed by atoms with Crippen LogP contribution < -0.4 is 14.8 Å². The fourth-order valence-electron chi connectivity index (χ4n) is 1.82. The molecule has 0 aromatic heterocycles. The van der Waals surface area contributed by atoms with Gasteiger partial charge >= 0.3 is 0 Å². The second-order valence-corrected chi connectivity index (χ2v) is 6.40. The van der Waals surface area contributed by atoms with Crippen molar-refractivity contribution >= 4 is 21.4 Å². The van der Waals surface area contributed by atoms with E-state index in [-0.39, 0.29) is 0 Å². The Bertz CT molecular complexity index is 680. The summed E-state index contributed by atoms with van der Waals surface area (Å²) in [6.07, 6.45) is 1.13. The average molecular weight is 306 g/mol. The van der Waals surface area contributed by atoms with Crippen molar-refractivity contribution in [2.45, 2.75) is 6.54 Å². The standard InChI is InChI=1S/C15H18N2O3S/c1-20-15-9-3-12(4-10-15)11-16-13-5-7-14(8-6-13)17-21(2,18)19/h3-10,16-17H,11H2,1-2H3. The van der Waals surface area contributed by atoms with E-state index in [9.17, 15) is 8.42 Å². The summed E-state index contributed by atoms with van der Waals surface area (Å²) < 4.78 is 29.8. The first kappa shape index (κ1) is 15.2. The molecule has 0 bridgehead atoms. The van der Waals surface area contributed by atoms with E-state index in [1.165, 1.54) is 0 Å². The topological polar surface area (TPSA) is 67.4 Å². The molecule has 112 valence electrons. The van der Waals surface area contributed by atoms with E-state index in [0.717, 1.165) is 23.3 Å². The Morgan fingerprint density at radius 2 is 1.52 bits per heavy atom. The molecule has 0 aliphatic carbocycles. The van der Waals surface area contributed by atoms with E-state index < -0.39 is 10.0 Å². The number of ether oxygens (including phenoxy) is 1. The van der Waals surface area contributed by atoms with Crippen molar-refractivity contribution < 1.29 is 13.2 Å². The number of anilines is 2. The van der Waals surface area contributed by atoms with Crippen LogP contribution >= 0.6 is 0 Å². The highest BCUT2D eigenvalue weighted by atomic mass is 32.2.